The molecule has 0 spiro atoms. The molecule has 0 amide bonds. The molecule has 0 radical (unpaired) electrons. The quantitative estimate of drug-likeness (QED) is 0.734. The number of aromatic nitrogens is 3. The van der Waals surface area contributed by atoms with Gasteiger partial charge in [-0.05, 0) is 13.3 Å². The fourth-order valence-electron chi connectivity index (χ4n) is 3.64. The molecule has 8 heteroatoms. The first-order valence-electron chi connectivity index (χ1n) is 8.58. The van der Waals surface area contributed by atoms with E-state index in [2.05, 4.69) is 39.3 Å². The zero-order valence-electron chi connectivity index (χ0n) is 14.5. The molecule has 1 atom stereocenters. The zero-order valence-corrected chi connectivity index (χ0v) is 14.5. The number of rotatable bonds is 4. The normalized spacial score (nSPS) is 19.8. The largest absolute Gasteiger partial charge is 0.377 e. The molecule has 0 saturated carbocycles. The lowest BCUT2D eigenvalue weighted by molar-refractivity contribution is 0.0985. The van der Waals surface area contributed by atoms with Crippen LogP contribution in [0, 0.1) is 5.41 Å². The molecular formula is C17H23N7O. The minimum absolute atomic E-state index is 0.280. The minimum atomic E-state index is 0.280. The highest BCUT2D eigenvalue weighted by Gasteiger charge is 2.31. The number of hydrogen-bond donors (Lipinski definition) is 3. The fraction of sp³-hybridized carbons (Fsp3) is 0.471. The average molecular weight is 341 g/mol. The number of fused-ring (bicyclic) bond motifs is 1. The molecule has 25 heavy (non-hydrogen) atoms. The van der Waals surface area contributed by atoms with Crippen LogP contribution in [0.5, 0.6) is 0 Å². The molecule has 8 nitrogen and oxygen atoms in total. The Morgan fingerprint density at radius 2 is 2.32 bits per heavy atom. The number of pyridine rings is 1. The maximum absolute atomic E-state index is 7.94. The van der Waals surface area contributed by atoms with E-state index in [1.54, 1.807) is 6.20 Å². The maximum atomic E-state index is 7.94. The van der Waals surface area contributed by atoms with Gasteiger partial charge in [-0.3, -0.25) is 5.10 Å². The first-order valence-corrected chi connectivity index (χ1v) is 8.58. The molecule has 2 aromatic rings. The highest BCUT2D eigenvalue weighted by Crippen LogP contribution is 2.40. The van der Waals surface area contributed by atoms with Crippen LogP contribution in [-0.4, -0.2) is 60.8 Å². The second-order valence-corrected chi connectivity index (χ2v) is 6.55. The summed E-state index contributed by atoms with van der Waals surface area (Å²) in [5.74, 6) is 2.44. The van der Waals surface area contributed by atoms with Crippen LogP contribution in [0.3, 0.4) is 0 Å². The summed E-state index contributed by atoms with van der Waals surface area (Å²) in [7, 11) is 2.07. The highest BCUT2D eigenvalue weighted by molar-refractivity contribution is 5.97. The average Bonchev–Trinajstić information content (AvgIpc) is 3.25. The second kappa shape index (κ2) is 6.36. The van der Waals surface area contributed by atoms with Gasteiger partial charge in [-0.2, -0.15) is 5.10 Å². The first kappa shape index (κ1) is 15.9. The zero-order chi connectivity index (χ0) is 17.4. The van der Waals surface area contributed by atoms with Crippen molar-refractivity contribution in [2.75, 3.05) is 48.5 Å². The fourth-order valence-corrected chi connectivity index (χ4v) is 3.64. The molecular weight excluding hydrogens is 318 g/mol. The van der Waals surface area contributed by atoms with E-state index in [1.807, 2.05) is 6.07 Å². The lowest BCUT2D eigenvalue weighted by Gasteiger charge is -2.36. The van der Waals surface area contributed by atoms with Gasteiger partial charge in [0.15, 0.2) is 0 Å². The van der Waals surface area contributed by atoms with Crippen molar-refractivity contribution in [1.82, 2.24) is 15.2 Å². The molecule has 4 rings (SSSR count). The smallest absolute Gasteiger partial charge is 0.144 e. The Bertz CT molecular complexity index is 774. The summed E-state index contributed by atoms with van der Waals surface area (Å²) in [6.45, 7) is 5.36. The van der Waals surface area contributed by atoms with Crippen molar-refractivity contribution in [3.63, 3.8) is 0 Å². The number of anilines is 4. The Morgan fingerprint density at radius 1 is 1.44 bits per heavy atom. The molecule has 0 unspecified atom stereocenters. The van der Waals surface area contributed by atoms with Crippen molar-refractivity contribution >= 4 is 29.4 Å². The number of hydrogen-bond acceptors (Lipinski definition) is 7. The molecule has 2 aliphatic heterocycles. The summed E-state index contributed by atoms with van der Waals surface area (Å²) in [5, 5.41) is 18.1. The Hall–Kier alpha value is -2.61. The van der Waals surface area contributed by atoms with Gasteiger partial charge in [-0.15, -0.1) is 0 Å². The Morgan fingerprint density at radius 3 is 3.04 bits per heavy atom. The van der Waals surface area contributed by atoms with Crippen molar-refractivity contribution in [3.8, 4) is 0 Å². The number of nitrogens with zero attached hydrogens (tertiary/aromatic N) is 4. The van der Waals surface area contributed by atoms with Gasteiger partial charge in [-0.1, -0.05) is 0 Å². The SMILES string of the molecule is C[C@@H]1COCCN1c1nc(Nc2ccn[nH]2)c(C=N)c2c1CCN2C. The van der Waals surface area contributed by atoms with E-state index in [9.17, 15) is 0 Å². The lowest BCUT2D eigenvalue weighted by Crippen LogP contribution is -2.44. The van der Waals surface area contributed by atoms with Crippen LogP contribution in [-0.2, 0) is 11.2 Å². The molecule has 132 valence electrons. The molecule has 0 aromatic carbocycles. The second-order valence-electron chi connectivity index (χ2n) is 6.55. The van der Waals surface area contributed by atoms with Crippen molar-refractivity contribution in [2.45, 2.75) is 19.4 Å². The van der Waals surface area contributed by atoms with E-state index in [-0.39, 0.29) is 6.04 Å². The number of aromatic amines is 1. The van der Waals surface area contributed by atoms with Crippen LogP contribution in [0.4, 0.5) is 23.1 Å². The number of H-pyrrole nitrogens is 1. The van der Waals surface area contributed by atoms with E-state index in [4.69, 9.17) is 15.1 Å². The van der Waals surface area contributed by atoms with E-state index < -0.39 is 0 Å². The van der Waals surface area contributed by atoms with E-state index >= 15 is 0 Å². The molecule has 1 fully saturated rings. The monoisotopic (exact) mass is 341 g/mol. The summed E-state index contributed by atoms with van der Waals surface area (Å²) >= 11 is 0. The van der Waals surface area contributed by atoms with Gasteiger partial charge in [0.2, 0.25) is 0 Å². The number of likely N-dealkylation sites (N-methyl/N-ethyl adjacent to an activating group) is 1. The molecule has 2 aliphatic rings. The van der Waals surface area contributed by atoms with Gasteiger partial charge in [0.05, 0.1) is 36.7 Å². The van der Waals surface area contributed by atoms with Crippen LogP contribution in [0.1, 0.15) is 18.1 Å². The molecule has 3 N–H and O–H groups in total. The maximum Gasteiger partial charge on any atom is 0.144 e. The summed E-state index contributed by atoms with van der Waals surface area (Å²) in [4.78, 5) is 9.47. The summed E-state index contributed by atoms with van der Waals surface area (Å²) < 4.78 is 5.59. The highest BCUT2D eigenvalue weighted by atomic mass is 16.5. The predicted octanol–water partition coefficient (Wildman–Crippen LogP) is 1.76. The van der Waals surface area contributed by atoms with Crippen LogP contribution in [0.25, 0.3) is 0 Å². The standard InChI is InChI=1S/C17H23N7O/c1-11-10-25-8-7-24(11)17-12-4-6-23(2)15(12)13(9-18)16(21-17)20-14-3-5-19-22-14/h3,5,9,11,18H,4,6-8,10H2,1-2H3,(H2,19,20,21,22)/t11-/m1/s1. The topological polar surface area (TPSA) is 93.2 Å². The van der Waals surface area contributed by atoms with Gasteiger partial charge in [-0.25, -0.2) is 4.98 Å². The van der Waals surface area contributed by atoms with Gasteiger partial charge < -0.3 is 25.3 Å². The van der Waals surface area contributed by atoms with Crippen molar-refractivity contribution in [1.29, 1.82) is 5.41 Å². The van der Waals surface area contributed by atoms with Crippen molar-refractivity contribution < 1.29 is 4.74 Å². The number of morpholine rings is 1. The molecule has 2 aromatic heterocycles. The third-order valence-electron chi connectivity index (χ3n) is 4.90. The van der Waals surface area contributed by atoms with Gasteiger partial charge in [0.25, 0.3) is 0 Å². The van der Waals surface area contributed by atoms with Crippen LogP contribution >= 0.6 is 0 Å². The van der Waals surface area contributed by atoms with Gasteiger partial charge in [0, 0.05) is 38.0 Å². The molecule has 0 bridgehead atoms. The van der Waals surface area contributed by atoms with Gasteiger partial charge in [0.1, 0.15) is 17.5 Å². The molecule has 4 heterocycles. The van der Waals surface area contributed by atoms with Crippen LogP contribution in [0.15, 0.2) is 12.3 Å². The third-order valence-corrected chi connectivity index (χ3v) is 4.90. The van der Waals surface area contributed by atoms with E-state index in [1.165, 1.54) is 11.8 Å². The van der Waals surface area contributed by atoms with Gasteiger partial charge >= 0.3 is 0 Å². The van der Waals surface area contributed by atoms with Crippen molar-refractivity contribution in [3.05, 3.63) is 23.4 Å². The lowest BCUT2D eigenvalue weighted by atomic mass is 10.1. The third kappa shape index (κ3) is 2.72. The molecule has 0 aliphatic carbocycles. The van der Waals surface area contributed by atoms with Crippen LogP contribution in [0.2, 0.25) is 0 Å². The van der Waals surface area contributed by atoms with Crippen LogP contribution < -0.4 is 15.1 Å². The predicted molar refractivity (Wildman–Crippen MR) is 98.6 cm³/mol. The summed E-state index contributed by atoms with van der Waals surface area (Å²) in [5.41, 5.74) is 3.14. The minimum Gasteiger partial charge on any atom is -0.377 e. The first-order chi connectivity index (χ1) is 12.2. The van der Waals surface area contributed by atoms with E-state index in [0.29, 0.717) is 19.0 Å². The summed E-state index contributed by atoms with van der Waals surface area (Å²) in [6, 6.07) is 2.13. The van der Waals surface area contributed by atoms with Crippen molar-refractivity contribution in [2.24, 2.45) is 0 Å². The number of ether oxygens (including phenoxy) is 1. The number of nitrogens with one attached hydrogen (secondary N) is 3. The Balaban J connectivity index is 1.84. The Labute approximate surface area is 146 Å². The Kier molecular flexibility index (Phi) is 4.04. The molecule has 1 saturated heterocycles. The van der Waals surface area contributed by atoms with E-state index in [0.717, 1.165) is 42.4 Å². The summed E-state index contributed by atoms with van der Waals surface area (Å²) in [6.07, 6.45) is 4.03.